The maximum Gasteiger partial charge on any atom is 0.397 e. The number of hydrogen-bond acceptors (Lipinski definition) is 2. The summed E-state index contributed by atoms with van der Waals surface area (Å²) in [6.45, 7) is 14.0. The molecule has 0 atom stereocenters. The first-order valence-electron chi connectivity index (χ1n) is 10.4. The lowest BCUT2D eigenvalue weighted by Gasteiger charge is -2.27. The van der Waals surface area contributed by atoms with Crippen LogP contribution in [0.5, 0.6) is 0 Å². The van der Waals surface area contributed by atoms with Gasteiger partial charge in [0.25, 0.3) is 0 Å². The molecule has 0 saturated heterocycles. The zero-order valence-electron chi connectivity index (χ0n) is 17.8. The highest BCUT2D eigenvalue weighted by molar-refractivity contribution is 5.76. The molecular weight excluding hydrogens is 377 g/mol. The molecule has 3 nitrogen and oxygen atoms in total. The van der Waals surface area contributed by atoms with Crippen molar-refractivity contribution < 1.29 is 18.0 Å². The van der Waals surface area contributed by atoms with E-state index in [1.165, 1.54) is 30.6 Å². The van der Waals surface area contributed by atoms with Crippen LogP contribution in [0.15, 0.2) is 31.4 Å². The Morgan fingerprint density at radius 3 is 2.41 bits per heavy atom. The van der Waals surface area contributed by atoms with Crippen LogP contribution in [0, 0.1) is 6.92 Å². The highest BCUT2D eigenvalue weighted by atomic mass is 19.4. The minimum atomic E-state index is -4.39. The Morgan fingerprint density at radius 2 is 1.83 bits per heavy atom. The van der Waals surface area contributed by atoms with Crippen molar-refractivity contribution in [2.75, 3.05) is 13.1 Å². The van der Waals surface area contributed by atoms with E-state index in [4.69, 9.17) is 0 Å². The fraction of sp³-hybridized carbons (Fsp3) is 0.609. The average Bonchev–Trinajstić information content (AvgIpc) is 2.69. The monoisotopic (exact) mass is 412 g/mol. The van der Waals surface area contributed by atoms with E-state index < -0.39 is 18.5 Å². The minimum absolute atomic E-state index is 0.0430. The zero-order chi connectivity index (χ0) is 21.9. The minimum Gasteiger partial charge on any atom is -0.353 e. The number of halogens is 3. The van der Waals surface area contributed by atoms with Gasteiger partial charge in [-0.25, -0.2) is 0 Å². The average molecular weight is 413 g/mol. The summed E-state index contributed by atoms with van der Waals surface area (Å²) in [5.41, 5.74) is 4.48. The van der Waals surface area contributed by atoms with Gasteiger partial charge in [0.05, 0.1) is 0 Å². The summed E-state index contributed by atoms with van der Waals surface area (Å²) in [7, 11) is 0. The first-order valence-corrected chi connectivity index (χ1v) is 10.4. The molecule has 29 heavy (non-hydrogen) atoms. The molecule has 0 bridgehead atoms. The summed E-state index contributed by atoms with van der Waals surface area (Å²) in [4.78, 5) is 13.4. The molecule has 0 aromatic heterocycles. The van der Waals surface area contributed by atoms with Gasteiger partial charge >= 0.3 is 6.18 Å². The number of nitrogens with one attached hydrogen (secondary N) is 1. The Morgan fingerprint density at radius 1 is 1.17 bits per heavy atom. The van der Waals surface area contributed by atoms with Crippen molar-refractivity contribution in [3.8, 4) is 0 Å². The maximum atomic E-state index is 11.8. The van der Waals surface area contributed by atoms with E-state index in [0.717, 1.165) is 38.6 Å². The van der Waals surface area contributed by atoms with E-state index >= 15 is 0 Å². The number of nitrogens with zero attached hydrogens (tertiary/aromatic N) is 1. The summed E-state index contributed by atoms with van der Waals surface area (Å²) in [6.07, 6.45) is 0.208. The van der Waals surface area contributed by atoms with Gasteiger partial charge in [-0.1, -0.05) is 49.9 Å². The van der Waals surface area contributed by atoms with Gasteiger partial charge < -0.3 is 5.32 Å². The molecule has 1 amide bonds. The lowest BCUT2D eigenvalue weighted by Crippen LogP contribution is -2.38. The molecule has 164 valence electrons. The number of hydrogen-bond donors (Lipinski definition) is 1. The molecule has 1 saturated carbocycles. The molecule has 2 aliphatic rings. The Labute approximate surface area is 173 Å². The molecule has 1 aromatic carbocycles. The number of carbonyl (C=O) groups is 1. The SMILES string of the molecule is C=C.CCN1CCc2cc(C)ccc2C1.O=C(CC(F)(F)F)NC1CCCCC1. The Bertz CT molecular complexity index is 625. The van der Waals surface area contributed by atoms with Crippen molar-refractivity contribution >= 4 is 5.91 Å². The van der Waals surface area contributed by atoms with E-state index in [9.17, 15) is 18.0 Å². The number of carbonyl (C=O) groups excluding carboxylic acids is 1. The van der Waals surface area contributed by atoms with Crippen LogP contribution in [0.3, 0.4) is 0 Å². The zero-order valence-corrected chi connectivity index (χ0v) is 17.8. The molecular formula is C23H35F3N2O. The molecule has 1 heterocycles. The second-order valence-corrected chi connectivity index (χ2v) is 7.59. The number of rotatable bonds is 3. The first kappa shape index (κ1) is 25.2. The van der Waals surface area contributed by atoms with Gasteiger partial charge in [-0.05, 0) is 43.9 Å². The van der Waals surface area contributed by atoms with E-state index in [2.05, 4.69) is 55.4 Å². The Balaban J connectivity index is 0.000000268. The van der Waals surface area contributed by atoms with Crippen molar-refractivity contribution in [2.45, 2.75) is 77.6 Å². The number of benzene rings is 1. The van der Waals surface area contributed by atoms with Gasteiger partial charge in [-0.3, -0.25) is 9.69 Å². The van der Waals surface area contributed by atoms with Gasteiger partial charge in [0.15, 0.2) is 0 Å². The molecule has 6 heteroatoms. The highest BCUT2D eigenvalue weighted by Gasteiger charge is 2.32. The fourth-order valence-electron chi connectivity index (χ4n) is 3.72. The smallest absolute Gasteiger partial charge is 0.353 e. The number of fused-ring (bicyclic) bond motifs is 1. The lowest BCUT2D eigenvalue weighted by molar-refractivity contribution is -0.154. The topological polar surface area (TPSA) is 32.3 Å². The summed E-state index contributed by atoms with van der Waals surface area (Å²) >= 11 is 0. The standard InChI is InChI=1S/C12H17N.C9H14F3NO.C2H4/c1-3-13-7-6-11-8-10(2)4-5-12(11)9-13;10-9(11,12)6-8(14)13-7-4-2-1-3-5-7;1-2/h4-5,8H,3,6-7,9H2,1-2H3;7H,1-6H2,(H,13,14);1-2H2. The summed E-state index contributed by atoms with van der Waals surface area (Å²) in [5, 5.41) is 2.42. The molecule has 1 fully saturated rings. The third-order valence-corrected chi connectivity index (χ3v) is 5.23. The van der Waals surface area contributed by atoms with Crippen molar-refractivity contribution in [3.63, 3.8) is 0 Å². The van der Waals surface area contributed by atoms with Crippen LogP contribution >= 0.6 is 0 Å². The maximum absolute atomic E-state index is 11.8. The predicted molar refractivity (Wildman–Crippen MR) is 113 cm³/mol. The van der Waals surface area contributed by atoms with E-state index in [-0.39, 0.29) is 6.04 Å². The van der Waals surface area contributed by atoms with Gasteiger partial charge in [0, 0.05) is 19.1 Å². The summed E-state index contributed by atoms with van der Waals surface area (Å²) in [5.74, 6) is -0.899. The largest absolute Gasteiger partial charge is 0.397 e. The van der Waals surface area contributed by atoms with Crippen molar-refractivity contribution in [3.05, 3.63) is 48.0 Å². The lowest BCUT2D eigenvalue weighted by atomic mass is 9.95. The van der Waals surface area contributed by atoms with Crippen LogP contribution in [0.1, 0.15) is 62.1 Å². The van der Waals surface area contributed by atoms with Crippen LogP contribution in [0.25, 0.3) is 0 Å². The molecule has 3 rings (SSSR count). The molecule has 0 spiro atoms. The van der Waals surface area contributed by atoms with Gasteiger partial charge in [-0.15, -0.1) is 13.2 Å². The summed E-state index contributed by atoms with van der Waals surface area (Å²) in [6, 6.07) is 6.80. The molecule has 1 aromatic rings. The molecule has 0 radical (unpaired) electrons. The Kier molecular flexibility index (Phi) is 11.0. The number of likely N-dealkylation sites (N-methyl/N-ethyl adjacent to an activating group) is 1. The van der Waals surface area contributed by atoms with Crippen molar-refractivity contribution in [1.82, 2.24) is 10.2 Å². The first-order chi connectivity index (χ1) is 13.8. The predicted octanol–water partition coefficient (Wildman–Crippen LogP) is 5.56. The Hall–Kier alpha value is -1.82. The third-order valence-electron chi connectivity index (χ3n) is 5.23. The van der Waals surface area contributed by atoms with E-state index in [1.807, 2.05) is 0 Å². The third kappa shape index (κ3) is 9.97. The number of amides is 1. The molecule has 0 unspecified atom stereocenters. The van der Waals surface area contributed by atoms with Gasteiger partial charge in [0.1, 0.15) is 6.42 Å². The highest BCUT2D eigenvalue weighted by Crippen LogP contribution is 2.21. The number of alkyl halides is 3. The molecule has 1 N–H and O–H groups in total. The summed E-state index contributed by atoms with van der Waals surface area (Å²) < 4.78 is 35.4. The van der Waals surface area contributed by atoms with E-state index in [0.29, 0.717) is 0 Å². The van der Waals surface area contributed by atoms with Crippen molar-refractivity contribution in [2.24, 2.45) is 0 Å². The molecule has 1 aliphatic heterocycles. The van der Waals surface area contributed by atoms with Crippen LogP contribution in [0.4, 0.5) is 13.2 Å². The number of aryl methyl sites for hydroxylation is 1. The molecule has 1 aliphatic carbocycles. The van der Waals surface area contributed by atoms with Crippen LogP contribution in [0.2, 0.25) is 0 Å². The quantitative estimate of drug-likeness (QED) is 0.659. The van der Waals surface area contributed by atoms with Crippen molar-refractivity contribution in [1.29, 1.82) is 0 Å². The van der Waals surface area contributed by atoms with E-state index in [1.54, 1.807) is 5.56 Å². The van der Waals surface area contributed by atoms with Gasteiger partial charge in [0.2, 0.25) is 5.91 Å². The van der Waals surface area contributed by atoms with Crippen LogP contribution in [-0.2, 0) is 17.8 Å². The van der Waals surface area contributed by atoms with Crippen LogP contribution in [-0.4, -0.2) is 36.1 Å². The second kappa shape index (κ2) is 12.7. The normalized spacial score (nSPS) is 17.1. The van der Waals surface area contributed by atoms with Crippen LogP contribution < -0.4 is 5.32 Å². The fourth-order valence-corrected chi connectivity index (χ4v) is 3.72. The van der Waals surface area contributed by atoms with Gasteiger partial charge in [-0.2, -0.15) is 13.2 Å². The second-order valence-electron chi connectivity index (χ2n) is 7.59.